The van der Waals surface area contributed by atoms with E-state index in [9.17, 15) is 0 Å². The summed E-state index contributed by atoms with van der Waals surface area (Å²) in [5.41, 5.74) is 0.530. The lowest BCUT2D eigenvalue weighted by Gasteiger charge is -2.40. The van der Waals surface area contributed by atoms with Crippen LogP contribution >= 0.6 is 0 Å². The van der Waals surface area contributed by atoms with Crippen LogP contribution in [0, 0.1) is 11.3 Å². The summed E-state index contributed by atoms with van der Waals surface area (Å²) in [6.07, 6.45) is 12.4. The van der Waals surface area contributed by atoms with Crippen molar-refractivity contribution < 1.29 is 9.47 Å². The normalized spacial score (nSPS) is 26.1. The van der Waals surface area contributed by atoms with Crippen LogP contribution in [-0.2, 0) is 9.47 Å². The van der Waals surface area contributed by atoms with E-state index in [0.717, 1.165) is 19.1 Å². The Morgan fingerprint density at radius 2 is 1.86 bits per heavy atom. The molecule has 0 saturated heterocycles. The van der Waals surface area contributed by atoms with Gasteiger partial charge in [0, 0.05) is 20.3 Å². The molecule has 0 atom stereocenters. The third kappa shape index (κ3) is 7.62. The van der Waals surface area contributed by atoms with E-state index in [4.69, 9.17) is 9.47 Å². The Balaban J connectivity index is 2.25. The van der Waals surface area contributed by atoms with Gasteiger partial charge in [-0.15, -0.1) is 0 Å². The smallest absolute Gasteiger partial charge is 0.0700 e. The van der Waals surface area contributed by atoms with Gasteiger partial charge in [-0.3, -0.25) is 0 Å². The van der Waals surface area contributed by atoms with Gasteiger partial charge in [-0.25, -0.2) is 0 Å². The molecule has 0 aromatic rings. The van der Waals surface area contributed by atoms with Gasteiger partial charge in [0.2, 0.25) is 0 Å². The van der Waals surface area contributed by atoms with Gasteiger partial charge in [0.05, 0.1) is 13.2 Å². The van der Waals surface area contributed by atoms with Crippen molar-refractivity contribution in [2.45, 2.75) is 64.7 Å². The zero-order valence-electron chi connectivity index (χ0n) is 14.6. The van der Waals surface area contributed by atoms with Crippen molar-refractivity contribution in [3.8, 4) is 0 Å². The van der Waals surface area contributed by atoms with Crippen LogP contribution in [0.4, 0.5) is 0 Å². The monoisotopic (exact) mass is 299 g/mol. The number of unbranched alkanes of at least 4 members (excludes halogenated alkanes) is 1. The van der Waals surface area contributed by atoms with Crippen LogP contribution in [0.2, 0.25) is 0 Å². The minimum absolute atomic E-state index is 0.530. The lowest BCUT2D eigenvalue weighted by molar-refractivity contribution is 0.0565. The predicted molar refractivity (Wildman–Crippen MR) is 89.8 cm³/mol. The molecule has 0 heterocycles. The molecular weight excluding hydrogens is 262 g/mol. The Bertz CT molecular complexity index is 237. The zero-order chi connectivity index (χ0) is 15.4. The van der Waals surface area contributed by atoms with Crippen molar-refractivity contribution >= 4 is 0 Å². The van der Waals surface area contributed by atoms with E-state index in [0.29, 0.717) is 12.0 Å². The van der Waals surface area contributed by atoms with E-state index in [1.807, 2.05) is 0 Å². The summed E-state index contributed by atoms with van der Waals surface area (Å²) in [4.78, 5) is 0. The molecule has 1 rings (SSSR count). The molecule has 3 heteroatoms. The molecule has 126 valence electrons. The van der Waals surface area contributed by atoms with Crippen LogP contribution in [0.1, 0.15) is 64.7 Å². The maximum Gasteiger partial charge on any atom is 0.0700 e. The number of nitrogens with one attached hydrogen (secondary N) is 1. The van der Waals surface area contributed by atoms with Crippen LogP contribution in [0.25, 0.3) is 0 Å². The standard InChI is InChI=1S/C18H37NO2/c1-4-5-7-17-8-11-18(12-9-17,16-19-2)10-6-13-21-15-14-20-3/h17,19H,4-16H2,1-3H3. The van der Waals surface area contributed by atoms with Gasteiger partial charge >= 0.3 is 0 Å². The molecule has 0 bridgehead atoms. The van der Waals surface area contributed by atoms with Crippen molar-refractivity contribution in [1.29, 1.82) is 0 Å². The number of hydrogen-bond donors (Lipinski definition) is 1. The second-order valence-electron chi connectivity index (χ2n) is 6.82. The Labute approximate surface area is 132 Å². The predicted octanol–water partition coefficient (Wildman–Crippen LogP) is 4.02. The highest BCUT2D eigenvalue weighted by Gasteiger charge is 2.33. The molecule has 1 aliphatic carbocycles. The van der Waals surface area contributed by atoms with E-state index >= 15 is 0 Å². The van der Waals surface area contributed by atoms with Gasteiger partial charge < -0.3 is 14.8 Å². The Morgan fingerprint density at radius 1 is 1.10 bits per heavy atom. The molecule has 0 aromatic heterocycles. The quantitative estimate of drug-likeness (QED) is 0.552. The van der Waals surface area contributed by atoms with E-state index < -0.39 is 0 Å². The summed E-state index contributed by atoms with van der Waals surface area (Å²) in [5, 5.41) is 3.44. The topological polar surface area (TPSA) is 30.5 Å². The van der Waals surface area contributed by atoms with Crippen LogP contribution in [-0.4, -0.2) is 40.5 Å². The molecule has 0 amide bonds. The first-order valence-electron chi connectivity index (χ1n) is 8.97. The number of hydrogen-bond acceptors (Lipinski definition) is 3. The zero-order valence-corrected chi connectivity index (χ0v) is 14.6. The molecule has 0 unspecified atom stereocenters. The van der Waals surface area contributed by atoms with Crippen LogP contribution in [0.15, 0.2) is 0 Å². The summed E-state index contributed by atoms with van der Waals surface area (Å²) in [7, 11) is 3.82. The molecule has 0 aliphatic heterocycles. The van der Waals surface area contributed by atoms with E-state index in [1.54, 1.807) is 7.11 Å². The van der Waals surface area contributed by atoms with Gasteiger partial charge in [0.25, 0.3) is 0 Å². The maximum atomic E-state index is 5.62. The van der Waals surface area contributed by atoms with Gasteiger partial charge in [-0.1, -0.05) is 26.2 Å². The fourth-order valence-corrected chi connectivity index (χ4v) is 3.76. The minimum Gasteiger partial charge on any atom is -0.382 e. The third-order valence-electron chi connectivity index (χ3n) is 5.11. The molecule has 1 saturated carbocycles. The van der Waals surface area contributed by atoms with E-state index in [1.165, 1.54) is 64.3 Å². The molecule has 21 heavy (non-hydrogen) atoms. The summed E-state index contributed by atoms with van der Waals surface area (Å²) in [6.45, 7) is 5.80. The molecular formula is C18H37NO2. The highest BCUT2D eigenvalue weighted by Crippen LogP contribution is 2.43. The van der Waals surface area contributed by atoms with Crippen LogP contribution in [0.5, 0.6) is 0 Å². The molecule has 1 fully saturated rings. The fraction of sp³-hybridized carbons (Fsp3) is 1.00. The van der Waals surface area contributed by atoms with Gasteiger partial charge in [-0.05, 0) is 56.9 Å². The number of methoxy groups -OCH3 is 1. The molecule has 1 aliphatic rings. The Hall–Kier alpha value is -0.120. The lowest BCUT2D eigenvalue weighted by atomic mass is 9.67. The van der Waals surface area contributed by atoms with E-state index in [2.05, 4.69) is 19.3 Å². The molecule has 0 aromatic carbocycles. The first-order valence-corrected chi connectivity index (χ1v) is 8.97. The molecule has 3 nitrogen and oxygen atoms in total. The van der Waals surface area contributed by atoms with Crippen molar-refractivity contribution in [2.24, 2.45) is 11.3 Å². The molecule has 0 spiro atoms. The molecule has 1 N–H and O–H groups in total. The van der Waals surface area contributed by atoms with Gasteiger partial charge in [0.1, 0.15) is 0 Å². The largest absolute Gasteiger partial charge is 0.382 e. The lowest BCUT2D eigenvalue weighted by Crippen LogP contribution is -2.36. The first-order chi connectivity index (χ1) is 10.3. The van der Waals surface area contributed by atoms with E-state index in [-0.39, 0.29) is 0 Å². The Kier molecular flexibility index (Phi) is 10.3. The third-order valence-corrected chi connectivity index (χ3v) is 5.11. The van der Waals surface area contributed by atoms with Crippen molar-refractivity contribution in [3.63, 3.8) is 0 Å². The van der Waals surface area contributed by atoms with Crippen molar-refractivity contribution in [2.75, 3.05) is 40.5 Å². The summed E-state index contributed by atoms with van der Waals surface area (Å²) >= 11 is 0. The summed E-state index contributed by atoms with van der Waals surface area (Å²) in [6, 6.07) is 0. The minimum atomic E-state index is 0.530. The first kappa shape index (κ1) is 18.9. The highest BCUT2D eigenvalue weighted by molar-refractivity contribution is 4.87. The Morgan fingerprint density at radius 3 is 2.48 bits per heavy atom. The van der Waals surface area contributed by atoms with Crippen LogP contribution < -0.4 is 5.32 Å². The summed E-state index contributed by atoms with van der Waals surface area (Å²) in [5.74, 6) is 0.993. The molecule has 0 radical (unpaired) electrons. The van der Waals surface area contributed by atoms with Crippen LogP contribution in [0.3, 0.4) is 0 Å². The van der Waals surface area contributed by atoms with Crippen molar-refractivity contribution in [3.05, 3.63) is 0 Å². The fourth-order valence-electron chi connectivity index (χ4n) is 3.76. The number of rotatable bonds is 12. The van der Waals surface area contributed by atoms with Gasteiger partial charge in [0.15, 0.2) is 0 Å². The highest BCUT2D eigenvalue weighted by atomic mass is 16.5. The second-order valence-corrected chi connectivity index (χ2v) is 6.82. The second kappa shape index (κ2) is 11.4. The number of ether oxygens (including phenoxy) is 2. The van der Waals surface area contributed by atoms with Gasteiger partial charge in [-0.2, -0.15) is 0 Å². The SMILES string of the molecule is CCCCC1CCC(CCCOCCOC)(CNC)CC1. The average Bonchev–Trinajstić information content (AvgIpc) is 2.51. The maximum absolute atomic E-state index is 5.62. The summed E-state index contributed by atoms with van der Waals surface area (Å²) < 4.78 is 10.6. The van der Waals surface area contributed by atoms with Crippen molar-refractivity contribution in [1.82, 2.24) is 5.32 Å². The average molecular weight is 299 g/mol.